The van der Waals surface area contributed by atoms with E-state index in [4.69, 9.17) is 0 Å². The Morgan fingerprint density at radius 3 is 2.27 bits per heavy atom. The van der Waals surface area contributed by atoms with E-state index in [0.717, 1.165) is 5.70 Å². The Kier molecular flexibility index (Phi) is 4.84. The molecule has 0 aliphatic rings. The fourth-order valence-corrected chi connectivity index (χ4v) is 0.474. The fourth-order valence-electron chi connectivity index (χ4n) is 0.474. The maximum absolute atomic E-state index is 4.35. The van der Waals surface area contributed by atoms with Gasteiger partial charge >= 0.3 is 0 Å². The smallest absolute Gasteiger partial charge is 0.0355 e. The van der Waals surface area contributed by atoms with Crippen LogP contribution in [0.3, 0.4) is 0 Å². The zero-order valence-electron chi connectivity index (χ0n) is 8.31. The molecule has 0 bridgehead atoms. The van der Waals surface area contributed by atoms with Crippen LogP contribution < -0.4 is 0 Å². The van der Waals surface area contributed by atoms with Crippen LogP contribution in [0.2, 0.25) is 0 Å². The Bertz CT molecular complexity index is 162. The Morgan fingerprint density at radius 2 is 1.91 bits per heavy atom. The van der Waals surface area contributed by atoms with E-state index in [9.17, 15) is 0 Å². The maximum atomic E-state index is 4.35. The summed E-state index contributed by atoms with van der Waals surface area (Å²) in [5, 5.41) is 0. The third-order valence-electron chi connectivity index (χ3n) is 1.89. The predicted octanol–water partition coefficient (Wildman–Crippen LogP) is 3.42. The van der Waals surface area contributed by atoms with E-state index in [1.807, 2.05) is 13.1 Å². The molecule has 1 unspecified atom stereocenters. The molecular weight excluding hydrogens is 134 g/mol. The second-order valence-corrected chi connectivity index (χ2v) is 3.25. The van der Waals surface area contributed by atoms with Crippen LogP contribution in [0.25, 0.3) is 0 Å². The lowest BCUT2D eigenvalue weighted by Gasteiger charge is -1.99. The van der Waals surface area contributed by atoms with Gasteiger partial charge in [0.2, 0.25) is 0 Å². The van der Waals surface area contributed by atoms with Gasteiger partial charge < -0.3 is 0 Å². The summed E-state index contributed by atoms with van der Waals surface area (Å²) in [5.41, 5.74) is 2.44. The molecule has 0 N–H and O–H groups in total. The van der Waals surface area contributed by atoms with Gasteiger partial charge in [0.15, 0.2) is 0 Å². The molecule has 1 nitrogen and oxygen atoms in total. The normalized spacial score (nSPS) is 13.5. The first-order chi connectivity index (χ1) is 5.07. The minimum atomic E-state index is 0.601. The van der Waals surface area contributed by atoms with Crippen molar-refractivity contribution in [3.63, 3.8) is 0 Å². The van der Waals surface area contributed by atoms with E-state index in [1.165, 1.54) is 12.0 Å². The number of nitrogens with zero attached hydrogens (tertiary/aromatic N) is 1. The molecule has 0 aromatic heterocycles. The van der Waals surface area contributed by atoms with Crippen LogP contribution in [0.4, 0.5) is 0 Å². The summed E-state index contributed by atoms with van der Waals surface area (Å²) >= 11 is 0. The highest BCUT2D eigenvalue weighted by atomic mass is 14.7. The number of rotatable bonds is 3. The summed E-state index contributed by atoms with van der Waals surface area (Å²) in [5.74, 6) is 0.601. The van der Waals surface area contributed by atoms with Crippen LogP contribution in [0.5, 0.6) is 0 Å². The molecule has 0 saturated carbocycles. The van der Waals surface area contributed by atoms with Gasteiger partial charge in [-0.25, -0.2) is 0 Å². The van der Waals surface area contributed by atoms with E-state index in [2.05, 4.69) is 32.7 Å². The van der Waals surface area contributed by atoms with Crippen molar-refractivity contribution in [1.82, 2.24) is 0 Å². The summed E-state index contributed by atoms with van der Waals surface area (Å²) in [6.07, 6.45) is 3.20. The average molecular weight is 153 g/mol. The molecule has 1 heteroatoms. The fraction of sp³-hybridized carbons (Fsp3) is 0.700. The van der Waals surface area contributed by atoms with Gasteiger partial charge in [0.05, 0.1) is 0 Å². The molecule has 1 atom stereocenters. The minimum absolute atomic E-state index is 0.601. The van der Waals surface area contributed by atoms with Crippen LogP contribution in [-0.4, -0.2) is 6.21 Å². The van der Waals surface area contributed by atoms with E-state index >= 15 is 0 Å². The highest BCUT2D eigenvalue weighted by Gasteiger charge is 1.92. The lowest BCUT2D eigenvalue weighted by molar-refractivity contribution is 0.753. The quantitative estimate of drug-likeness (QED) is 0.551. The Hall–Kier alpha value is -0.590. The summed E-state index contributed by atoms with van der Waals surface area (Å²) in [6.45, 7) is 10.6. The first-order valence-corrected chi connectivity index (χ1v) is 4.26. The van der Waals surface area contributed by atoms with Crippen molar-refractivity contribution in [2.75, 3.05) is 0 Å². The van der Waals surface area contributed by atoms with Crippen molar-refractivity contribution in [3.05, 3.63) is 11.3 Å². The Labute approximate surface area is 70.2 Å². The third kappa shape index (κ3) is 4.77. The number of hydrogen-bond acceptors (Lipinski definition) is 1. The van der Waals surface area contributed by atoms with Crippen molar-refractivity contribution < 1.29 is 0 Å². The SMILES string of the molecule is CCC(C)/C=N\C(C)=C(C)C. The monoisotopic (exact) mass is 153 g/mol. The lowest BCUT2D eigenvalue weighted by atomic mass is 10.1. The zero-order chi connectivity index (χ0) is 8.85. The molecule has 0 rings (SSSR count). The van der Waals surface area contributed by atoms with Crippen LogP contribution >= 0.6 is 0 Å². The topological polar surface area (TPSA) is 12.4 Å². The number of aliphatic imine (C=N–C) groups is 1. The summed E-state index contributed by atoms with van der Waals surface area (Å²) in [7, 11) is 0. The molecule has 0 aromatic rings. The van der Waals surface area contributed by atoms with E-state index in [-0.39, 0.29) is 0 Å². The number of allylic oxidation sites excluding steroid dienone is 2. The molecule has 0 saturated heterocycles. The van der Waals surface area contributed by atoms with Gasteiger partial charge in [-0.3, -0.25) is 4.99 Å². The second-order valence-electron chi connectivity index (χ2n) is 3.25. The van der Waals surface area contributed by atoms with Gasteiger partial charge in [-0.2, -0.15) is 0 Å². The van der Waals surface area contributed by atoms with E-state index in [1.54, 1.807) is 0 Å². The van der Waals surface area contributed by atoms with Crippen molar-refractivity contribution in [3.8, 4) is 0 Å². The Balaban J connectivity index is 4.03. The highest BCUT2D eigenvalue weighted by Crippen LogP contribution is 2.04. The molecule has 0 heterocycles. The molecule has 0 radical (unpaired) electrons. The predicted molar refractivity (Wildman–Crippen MR) is 52.0 cm³/mol. The molecule has 64 valence electrons. The van der Waals surface area contributed by atoms with E-state index in [0.29, 0.717) is 5.92 Å². The standard InChI is InChI=1S/C10H19N/c1-6-9(4)7-11-10(5)8(2)3/h7,9H,6H2,1-5H3/b11-7-. The van der Waals surface area contributed by atoms with Gasteiger partial charge in [-0.15, -0.1) is 0 Å². The molecule has 0 amide bonds. The summed E-state index contributed by atoms with van der Waals surface area (Å²) < 4.78 is 0. The third-order valence-corrected chi connectivity index (χ3v) is 1.89. The van der Waals surface area contributed by atoms with Crippen molar-refractivity contribution >= 4 is 6.21 Å². The summed E-state index contributed by atoms with van der Waals surface area (Å²) in [4.78, 5) is 4.35. The van der Waals surface area contributed by atoms with Gasteiger partial charge in [-0.1, -0.05) is 19.4 Å². The molecule has 0 aliphatic heterocycles. The maximum Gasteiger partial charge on any atom is 0.0355 e. The van der Waals surface area contributed by atoms with E-state index < -0.39 is 0 Å². The average Bonchev–Trinajstić information content (AvgIpc) is 1.99. The van der Waals surface area contributed by atoms with Gasteiger partial charge in [0, 0.05) is 11.9 Å². The van der Waals surface area contributed by atoms with Gasteiger partial charge in [0.25, 0.3) is 0 Å². The molecular formula is C10H19N. The van der Waals surface area contributed by atoms with Crippen LogP contribution in [-0.2, 0) is 0 Å². The van der Waals surface area contributed by atoms with Crippen molar-refractivity contribution in [2.24, 2.45) is 10.9 Å². The molecule has 0 fully saturated rings. The van der Waals surface area contributed by atoms with Crippen LogP contribution in [0.1, 0.15) is 41.0 Å². The molecule has 0 spiro atoms. The molecule has 0 aliphatic carbocycles. The minimum Gasteiger partial charge on any atom is -0.266 e. The highest BCUT2D eigenvalue weighted by molar-refractivity contribution is 5.61. The van der Waals surface area contributed by atoms with Crippen LogP contribution in [0.15, 0.2) is 16.3 Å². The van der Waals surface area contributed by atoms with Crippen molar-refractivity contribution in [2.45, 2.75) is 41.0 Å². The first kappa shape index (κ1) is 10.4. The Morgan fingerprint density at radius 1 is 1.36 bits per heavy atom. The lowest BCUT2D eigenvalue weighted by Crippen LogP contribution is -1.92. The molecule has 11 heavy (non-hydrogen) atoms. The van der Waals surface area contributed by atoms with Gasteiger partial charge in [0.1, 0.15) is 0 Å². The number of hydrogen-bond donors (Lipinski definition) is 0. The second kappa shape index (κ2) is 5.11. The van der Waals surface area contributed by atoms with Crippen LogP contribution in [0, 0.1) is 5.92 Å². The van der Waals surface area contributed by atoms with Crippen molar-refractivity contribution in [1.29, 1.82) is 0 Å². The molecule has 0 aromatic carbocycles. The largest absolute Gasteiger partial charge is 0.266 e. The first-order valence-electron chi connectivity index (χ1n) is 4.26. The summed E-state index contributed by atoms with van der Waals surface area (Å²) in [6, 6.07) is 0. The zero-order valence-corrected chi connectivity index (χ0v) is 8.31. The van der Waals surface area contributed by atoms with Gasteiger partial charge in [-0.05, 0) is 33.1 Å².